The molecule has 1 amide bonds. The molecule has 0 saturated carbocycles. The molecule has 132 valence electrons. The zero-order chi connectivity index (χ0) is 17.8. The molecule has 0 spiro atoms. The smallest absolute Gasteiger partial charge is 0.251 e. The maximum Gasteiger partial charge on any atom is 0.251 e. The number of nitrogens with one attached hydrogen (secondary N) is 1. The van der Waals surface area contributed by atoms with Gasteiger partial charge in [0.1, 0.15) is 5.75 Å². The molecule has 1 aliphatic heterocycles. The van der Waals surface area contributed by atoms with Crippen molar-refractivity contribution in [1.82, 2.24) is 5.32 Å². The summed E-state index contributed by atoms with van der Waals surface area (Å²) in [4.78, 5) is 12.3. The summed E-state index contributed by atoms with van der Waals surface area (Å²) in [6, 6.07) is 10.5. The Labute approximate surface area is 146 Å². The third-order valence-electron chi connectivity index (χ3n) is 4.20. The van der Waals surface area contributed by atoms with Gasteiger partial charge in [-0.25, -0.2) is 0 Å². The van der Waals surface area contributed by atoms with Gasteiger partial charge in [-0.3, -0.25) is 4.79 Å². The molecule has 1 atom stereocenters. The maximum atomic E-state index is 12.3. The van der Waals surface area contributed by atoms with E-state index in [-0.39, 0.29) is 12.5 Å². The molecule has 25 heavy (non-hydrogen) atoms. The highest BCUT2D eigenvalue weighted by atomic mass is 16.5. The highest BCUT2D eigenvalue weighted by Gasteiger charge is 2.17. The van der Waals surface area contributed by atoms with Crippen molar-refractivity contribution in [1.29, 1.82) is 0 Å². The van der Waals surface area contributed by atoms with Crippen LogP contribution in [-0.2, 0) is 6.42 Å². The molecule has 1 heterocycles. The number of amides is 1. The Bertz CT molecular complexity index is 774. The fraction of sp³-hybridized carbons (Fsp3) is 0.316. The van der Waals surface area contributed by atoms with Crippen LogP contribution in [0.4, 0.5) is 0 Å². The average Bonchev–Trinajstić information content (AvgIpc) is 3.12. The van der Waals surface area contributed by atoms with Gasteiger partial charge in [-0.15, -0.1) is 0 Å². The number of hydrogen-bond acceptors (Lipinski definition) is 5. The second kappa shape index (κ2) is 7.44. The average molecular weight is 343 g/mol. The van der Waals surface area contributed by atoms with Crippen LogP contribution in [0.15, 0.2) is 36.4 Å². The quantitative estimate of drug-likeness (QED) is 0.840. The molecule has 0 aliphatic carbocycles. The first-order chi connectivity index (χ1) is 12.1. The van der Waals surface area contributed by atoms with Crippen molar-refractivity contribution in [3.8, 4) is 17.2 Å². The Morgan fingerprint density at radius 1 is 1.20 bits per heavy atom. The van der Waals surface area contributed by atoms with Crippen LogP contribution >= 0.6 is 0 Å². The molecule has 1 unspecified atom stereocenters. The molecule has 2 N–H and O–H groups in total. The molecular weight excluding hydrogens is 322 g/mol. The number of ether oxygens (including phenoxy) is 3. The number of aliphatic hydroxyl groups excluding tert-OH is 1. The van der Waals surface area contributed by atoms with Crippen molar-refractivity contribution in [2.75, 3.05) is 27.4 Å². The van der Waals surface area contributed by atoms with E-state index in [1.54, 1.807) is 18.2 Å². The van der Waals surface area contributed by atoms with E-state index in [9.17, 15) is 9.90 Å². The summed E-state index contributed by atoms with van der Waals surface area (Å²) in [6.07, 6.45) is 0.0588. The summed E-state index contributed by atoms with van der Waals surface area (Å²) in [7, 11) is 3.05. The third kappa shape index (κ3) is 3.69. The van der Waals surface area contributed by atoms with Crippen LogP contribution in [0.2, 0.25) is 0 Å². The Balaban J connectivity index is 1.63. The van der Waals surface area contributed by atoms with Crippen LogP contribution in [0.1, 0.15) is 27.6 Å². The Hall–Kier alpha value is -2.73. The van der Waals surface area contributed by atoms with Crippen molar-refractivity contribution in [2.45, 2.75) is 12.5 Å². The van der Waals surface area contributed by atoms with Crippen molar-refractivity contribution in [3.05, 3.63) is 53.1 Å². The second-order valence-corrected chi connectivity index (χ2v) is 5.76. The number of fused-ring (bicyclic) bond motifs is 1. The van der Waals surface area contributed by atoms with E-state index >= 15 is 0 Å². The highest BCUT2D eigenvalue weighted by Crippen LogP contribution is 2.29. The minimum Gasteiger partial charge on any atom is -0.493 e. The van der Waals surface area contributed by atoms with E-state index < -0.39 is 6.10 Å². The van der Waals surface area contributed by atoms with Crippen LogP contribution < -0.4 is 19.5 Å². The first-order valence-electron chi connectivity index (χ1n) is 8.06. The van der Waals surface area contributed by atoms with Crippen molar-refractivity contribution in [2.24, 2.45) is 0 Å². The van der Waals surface area contributed by atoms with Crippen molar-refractivity contribution in [3.63, 3.8) is 0 Å². The number of aliphatic hydroxyl groups is 1. The van der Waals surface area contributed by atoms with Crippen molar-refractivity contribution < 1.29 is 24.1 Å². The number of carbonyl (C=O) groups excluding carboxylic acids is 1. The zero-order valence-corrected chi connectivity index (χ0v) is 14.2. The van der Waals surface area contributed by atoms with Crippen LogP contribution in [0.25, 0.3) is 0 Å². The van der Waals surface area contributed by atoms with E-state index in [0.29, 0.717) is 23.7 Å². The predicted octanol–water partition coefficient (Wildman–Crippen LogP) is 2.10. The van der Waals surface area contributed by atoms with Gasteiger partial charge in [0.2, 0.25) is 0 Å². The van der Waals surface area contributed by atoms with Crippen molar-refractivity contribution >= 4 is 5.91 Å². The lowest BCUT2D eigenvalue weighted by Crippen LogP contribution is -2.28. The number of benzene rings is 2. The van der Waals surface area contributed by atoms with E-state index in [4.69, 9.17) is 14.2 Å². The number of methoxy groups -OCH3 is 2. The van der Waals surface area contributed by atoms with Crippen LogP contribution in [0, 0.1) is 0 Å². The van der Waals surface area contributed by atoms with Gasteiger partial charge in [0.05, 0.1) is 26.9 Å². The summed E-state index contributed by atoms with van der Waals surface area (Å²) < 4.78 is 15.8. The molecule has 1 aliphatic rings. The van der Waals surface area contributed by atoms with Gasteiger partial charge in [-0.05, 0) is 41.5 Å². The van der Waals surface area contributed by atoms with Gasteiger partial charge in [-0.1, -0.05) is 6.07 Å². The predicted molar refractivity (Wildman–Crippen MR) is 92.5 cm³/mol. The number of rotatable bonds is 6. The molecule has 6 nitrogen and oxygen atoms in total. The van der Waals surface area contributed by atoms with Gasteiger partial charge in [0.25, 0.3) is 5.91 Å². The first-order valence-corrected chi connectivity index (χ1v) is 8.06. The van der Waals surface area contributed by atoms with Gasteiger partial charge in [-0.2, -0.15) is 0 Å². The topological polar surface area (TPSA) is 77.0 Å². The Morgan fingerprint density at radius 2 is 2.00 bits per heavy atom. The Morgan fingerprint density at radius 3 is 2.76 bits per heavy atom. The summed E-state index contributed by atoms with van der Waals surface area (Å²) in [5.41, 5.74) is 2.28. The van der Waals surface area contributed by atoms with Gasteiger partial charge in [0.15, 0.2) is 11.5 Å². The molecule has 0 aromatic heterocycles. The van der Waals surface area contributed by atoms with E-state index in [1.165, 1.54) is 14.2 Å². The number of hydrogen-bond donors (Lipinski definition) is 2. The minimum atomic E-state index is -0.782. The summed E-state index contributed by atoms with van der Waals surface area (Å²) in [6.45, 7) is 0.789. The number of carbonyl (C=O) groups is 1. The van der Waals surface area contributed by atoms with E-state index in [1.807, 2.05) is 18.2 Å². The standard InChI is InChI=1S/C19H21NO5/c1-23-17-6-4-14(10-18(17)24-2)19(22)20-11-15(21)12-3-5-16-13(9-12)7-8-25-16/h3-6,9-10,15,21H,7-8,11H2,1-2H3,(H,20,22). The second-order valence-electron chi connectivity index (χ2n) is 5.76. The van der Waals surface area contributed by atoms with Crippen LogP contribution in [-0.4, -0.2) is 38.4 Å². The lowest BCUT2D eigenvalue weighted by Gasteiger charge is -2.14. The highest BCUT2D eigenvalue weighted by molar-refractivity contribution is 5.94. The van der Waals surface area contributed by atoms with Gasteiger partial charge >= 0.3 is 0 Å². The molecule has 0 saturated heterocycles. The zero-order valence-electron chi connectivity index (χ0n) is 14.2. The molecule has 2 aromatic carbocycles. The fourth-order valence-electron chi connectivity index (χ4n) is 2.80. The lowest BCUT2D eigenvalue weighted by atomic mass is 10.0. The molecule has 6 heteroatoms. The van der Waals surface area contributed by atoms with Crippen LogP contribution in [0.3, 0.4) is 0 Å². The molecule has 2 aromatic rings. The van der Waals surface area contributed by atoms with Crippen LogP contribution in [0.5, 0.6) is 17.2 Å². The monoisotopic (exact) mass is 343 g/mol. The molecular formula is C19H21NO5. The Kier molecular flexibility index (Phi) is 5.09. The molecule has 3 rings (SSSR count). The molecule has 0 radical (unpaired) electrons. The molecule has 0 fully saturated rings. The van der Waals surface area contributed by atoms with Gasteiger partial charge in [0, 0.05) is 18.5 Å². The lowest BCUT2D eigenvalue weighted by molar-refractivity contribution is 0.0916. The minimum absolute atomic E-state index is 0.118. The summed E-state index contributed by atoms with van der Waals surface area (Å²) in [5.74, 6) is 1.61. The molecule has 0 bridgehead atoms. The SMILES string of the molecule is COc1ccc(C(=O)NCC(O)c2ccc3c(c2)CCO3)cc1OC. The summed E-state index contributed by atoms with van der Waals surface area (Å²) >= 11 is 0. The maximum absolute atomic E-state index is 12.3. The fourth-order valence-corrected chi connectivity index (χ4v) is 2.80. The third-order valence-corrected chi connectivity index (χ3v) is 4.20. The van der Waals surface area contributed by atoms with E-state index in [0.717, 1.165) is 23.3 Å². The largest absolute Gasteiger partial charge is 0.493 e. The summed E-state index contributed by atoms with van der Waals surface area (Å²) in [5, 5.41) is 13.1. The normalized spacial score (nSPS) is 13.6. The first kappa shape index (κ1) is 17.1. The van der Waals surface area contributed by atoms with E-state index in [2.05, 4.69) is 5.32 Å². The van der Waals surface area contributed by atoms with Gasteiger partial charge < -0.3 is 24.6 Å².